The van der Waals surface area contributed by atoms with Gasteiger partial charge in [0.15, 0.2) is 0 Å². The lowest BCUT2D eigenvalue weighted by Gasteiger charge is -2.17. The number of rotatable bonds is 6. The summed E-state index contributed by atoms with van der Waals surface area (Å²) in [6, 6.07) is 0. The highest BCUT2D eigenvalue weighted by atomic mass is 16.5. The van der Waals surface area contributed by atoms with Crippen molar-refractivity contribution >= 4 is 0 Å². The van der Waals surface area contributed by atoms with Gasteiger partial charge in [0.05, 0.1) is 12.7 Å². The maximum absolute atomic E-state index is 5.23. The summed E-state index contributed by atoms with van der Waals surface area (Å²) in [7, 11) is 0. The molecule has 0 aliphatic carbocycles. The third-order valence-electron chi connectivity index (χ3n) is 2.56. The van der Waals surface area contributed by atoms with Crippen LogP contribution >= 0.6 is 0 Å². The monoisotopic (exact) mass is 259 g/mol. The molecule has 0 fully saturated rings. The molecule has 0 aliphatic rings. The fourth-order valence-electron chi connectivity index (χ4n) is 1.69. The highest BCUT2D eigenvalue weighted by molar-refractivity contribution is 5.45. The van der Waals surface area contributed by atoms with Gasteiger partial charge in [-0.25, -0.2) is 4.98 Å². The van der Waals surface area contributed by atoms with Gasteiger partial charge in [0.25, 0.3) is 0 Å². The lowest BCUT2D eigenvalue weighted by molar-refractivity contribution is 0.252. The fourth-order valence-corrected chi connectivity index (χ4v) is 1.69. The van der Waals surface area contributed by atoms with E-state index in [0.717, 1.165) is 18.7 Å². The Bertz CT molecular complexity index is 537. The molecule has 2 aromatic heterocycles. The minimum absolute atomic E-state index is 0.467. The van der Waals surface area contributed by atoms with Gasteiger partial charge in [-0.3, -0.25) is 9.88 Å². The summed E-state index contributed by atoms with van der Waals surface area (Å²) < 4.78 is 5.23. The molecule has 0 amide bonds. The van der Waals surface area contributed by atoms with E-state index in [9.17, 15) is 0 Å². The smallest absolute Gasteiger partial charge is 0.241 e. The maximum atomic E-state index is 5.23. The van der Waals surface area contributed by atoms with E-state index in [2.05, 4.69) is 38.5 Å². The van der Waals surface area contributed by atoms with Crippen LogP contribution in [0.5, 0.6) is 0 Å². The Morgan fingerprint density at radius 3 is 2.89 bits per heavy atom. The number of likely N-dealkylation sites (N-methyl/N-ethyl adjacent to an activating group) is 1. The Balaban J connectivity index is 2.07. The largest absolute Gasteiger partial charge is 0.337 e. The second-order valence-electron chi connectivity index (χ2n) is 4.36. The van der Waals surface area contributed by atoms with E-state index in [1.807, 2.05) is 6.92 Å². The molecule has 100 valence electrons. The van der Waals surface area contributed by atoms with E-state index in [0.29, 0.717) is 24.0 Å². The minimum atomic E-state index is 0.467. The van der Waals surface area contributed by atoms with Crippen molar-refractivity contribution in [3.05, 3.63) is 36.6 Å². The van der Waals surface area contributed by atoms with Crippen LogP contribution in [0.15, 0.2) is 35.3 Å². The topological polar surface area (TPSA) is 67.9 Å². The van der Waals surface area contributed by atoms with Crippen LogP contribution in [0, 0.1) is 0 Å². The Morgan fingerprint density at radius 2 is 2.26 bits per heavy atom. The minimum Gasteiger partial charge on any atom is -0.337 e. The predicted molar refractivity (Wildman–Crippen MR) is 71.1 cm³/mol. The van der Waals surface area contributed by atoms with Crippen LogP contribution in [0.25, 0.3) is 11.5 Å². The van der Waals surface area contributed by atoms with E-state index < -0.39 is 0 Å². The normalized spacial score (nSPS) is 10.9. The van der Waals surface area contributed by atoms with Gasteiger partial charge in [0.1, 0.15) is 5.69 Å². The van der Waals surface area contributed by atoms with Crippen molar-refractivity contribution in [2.75, 3.05) is 13.1 Å². The first kappa shape index (κ1) is 13.4. The molecule has 0 saturated carbocycles. The molecule has 2 rings (SSSR count). The van der Waals surface area contributed by atoms with Gasteiger partial charge < -0.3 is 4.52 Å². The lowest BCUT2D eigenvalue weighted by atomic mass is 10.3. The van der Waals surface area contributed by atoms with Gasteiger partial charge in [0, 0.05) is 18.9 Å². The Labute approximate surface area is 112 Å². The van der Waals surface area contributed by atoms with Crippen LogP contribution in [-0.4, -0.2) is 38.1 Å². The second kappa shape index (κ2) is 6.19. The number of hydrogen-bond acceptors (Lipinski definition) is 6. The molecule has 0 unspecified atom stereocenters. The van der Waals surface area contributed by atoms with Crippen LogP contribution in [-0.2, 0) is 6.54 Å². The fraction of sp³-hybridized carbons (Fsp3) is 0.385. The van der Waals surface area contributed by atoms with Gasteiger partial charge in [-0.05, 0) is 13.5 Å². The average molecular weight is 259 g/mol. The molecule has 2 aromatic rings. The van der Waals surface area contributed by atoms with E-state index in [-0.39, 0.29) is 0 Å². The number of nitrogens with zero attached hydrogens (tertiary/aromatic N) is 5. The van der Waals surface area contributed by atoms with Crippen molar-refractivity contribution < 1.29 is 4.52 Å². The summed E-state index contributed by atoms with van der Waals surface area (Å²) in [6.45, 7) is 10.3. The van der Waals surface area contributed by atoms with E-state index in [1.165, 1.54) is 0 Å². The SMILES string of the molecule is C=C(C)CN(CC)Cc1nc(-c2cnccn2)no1. The summed E-state index contributed by atoms with van der Waals surface area (Å²) in [5.74, 6) is 1.04. The van der Waals surface area contributed by atoms with E-state index in [1.54, 1.807) is 18.6 Å². The summed E-state index contributed by atoms with van der Waals surface area (Å²) in [4.78, 5) is 14.6. The van der Waals surface area contributed by atoms with Crippen LogP contribution in [0.2, 0.25) is 0 Å². The quantitative estimate of drug-likeness (QED) is 0.738. The van der Waals surface area contributed by atoms with Crippen LogP contribution in [0.1, 0.15) is 19.7 Å². The molecule has 0 bridgehead atoms. The van der Waals surface area contributed by atoms with Crippen LogP contribution < -0.4 is 0 Å². The summed E-state index contributed by atoms with van der Waals surface area (Å²) in [5, 5.41) is 3.92. The molecule has 0 N–H and O–H groups in total. The Hall–Kier alpha value is -2.08. The molecular formula is C13H17N5O. The number of hydrogen-bond donors (Lipinski definition) is 0. The van der Waals surface area contributed by atoms with E-state index in [4.69, 9.17) is 4.52 Å². The highest BCUT2D eigenvalue weighted by Gasteiger charge is 2.12. The van der Waals surface area contributed by atoms with Crippen molar-refractivity contribution in [3.8, 4) is 11.5 Å². The molecule has 0 atom stereocenters. The van der Waals surface area contributed by atoms with Crippen molar-refractivity contribution in [3.63, 3.8) is 0 Å². The molecule has 0 radical (unpaired) electrons. The van der Waals surface area contributed by atoms with Gasteiger partial charge >= 0.3 is 0 Å². The molecule has 6 heteroatoms. The zero-order valence-corrected chi connectivity index (χ0v) is 11.2. The molecule has 2 heterocycles. The van der Waals surface area contributed by atoms with Gasteiger partial charge in [-0.1, -0.05) is 24.2 Å². The van der Waals surface area contributed by atoms with Crippen molar-refractivity contribution in [2.24, 2.45) is 0 Å². The molecule has 19 heavy (non-hydrogen) atoms. The third-order valence-corrected chi connectivity index (χ3v) is 2.56. The first-order valence-corrected chi connectivity index (χ1v) is 6.14. The molecule has 0 aliphatic heterocycles. The highest BCUT2D eigenvalue weighted by Crippen LogP contribution is 2.12. The van der Waals surface area contributed by atoms with Crippen molar-refractivity contribution in [1.29, 1.82) is 0 Å². The van der Waals surface area contributed by atoms with Gasteiger partial charge in [-0.2, -0.15) is 4.98 Å². The van der Waals surface area contributed by atoms with Gasteiger partial charge in [-0.15, -0.1) is 0 Å². The second-order valence-corrected chi connectivity index (χ2v) is 4.36. The Morgan fingerprint density at radius 1 is 1.42 bits per heavy atom. The third kappa shape index (κ3) is 3.69. The molecular weight excluding hydrogens is 242 g/mol. The maximum Gasteiger partial charge on any atom is 0.241 e. The first-order chi connectivity index (χ1) is 9.19. The molecule has 0 aromatic carbocycles. The molecule has 0 saturated heterocycles. The molecule has 0 spiro atoms. The molecule has 6 nitrogen and oxygen atoms in total. The summed E-state index contributed by atoms with van der Waals surface area (Å²) in [6.07, 6.45) is 4.82. The average Bonchev–Trinajstić information content (AvgIpc) is 2.87. The van der Waals surface area contributed by atoms with Crippen LogP contribution in [0.4, 0.5) is 0 Å². The summed E-state index contributed by atoms with van der Waals surface area (Å²) >= 11 is 0. The zero-order chi connectivity index (χ0) is 13.7. The van der Waals surface area contributed by atoms with Crippen molar-refractivity contribution in [2.45, 2.75) is 20.4 Å². The first-order valence-electron chi connectivity index (χ1n) is 6.14. The summed E-state index contributed by atoms with van der Waals surface area (Å²) in [5.41, 5.74) is 1.72. The number of aromatic nitrogens is 4. The van der Waals surface area contributed by atoms with Crippen LogP contribution in [0.3, 0.4) is 0 Å². The van der Waals surface area contributed by atoms with Gasteiger partial charge in [0.2, 0.25) is 11.7 Å². The standard InChI is InChI=1S/C13H17N5O/c1-4-18(8-10(2)3)9-12-16-13(17-19-12)11-7-14-5-6-15-11/h5-7H,2,4,8-9H2,1,3H3. The van der Waals surface area contributed by atoms with Crippen molar-refractivity contribution in [1.82, 2.24) is 25.0 Å². The predicted octanol–water partition coefficient (Wildman–Crippen LogP) is 1.92. The van der Waals surface area contributed by atoms with E-state index >= 15 is 0 Å². The lowest BCUT2D eigenvalue weighted by Crippen LogP contribution is -2.24. The Kier molecular flexibility index (Phi) is 4.35. The zero-order valence-electron chi connectivity index (χ0n) is 11.2.